The van der Waals surface area contributed by atoms with Crippen LogP contribution in [0.3, 0.4) is 0 Å². The molecule has 1 heterocycles. The topological polar surface area (TPSA) is 127 Å². The van der Waals surface area contributed by atoms with E-state index in [9.17, 15) is 14.9 Å². The van der Waals surface area contributed by atoms with Crippen LogP contribution >= 0.6 is 11.8 Å². The van der Waals surface area contributed by atoms with Crippen LogP contribution in [-0.4, -0.2) is 37.2 Å². The molecule has 3 aromatic rings. The van der Waals surface area contributed by atoms with E-state index in [1.54, 1.807) is 30.3 Å². The molecule has 126 valence electrons. The van der Waals surface area contributed by atoms with Gasteiger partial charge in [0.15, 0.2) is 0 Å². The summed E-state index contributed by atoms with van der Waals surface area (Å²) >= 11 is 1.30. The maximum Gasteiger partial charge on any atom is 0.269 e. The number of H-pyrrole nitrogens is 1. The zero-order valence-electron chi connectivity index (χ0n) is 12.7. The maximum absolute atomic E-state index is 12.1. The Morgan fingerprint density at radius 2 is 2.04 bits per heavy atom. The summed E-state index contributed by atoms with van der Waals surface area (Å²) < 4.78 is 0. The Hall–Kier alpha value is -3.27. The van der Waals surface area contributed by atoms with Crippen LogP contribution in [-0.2, 0) is 4.79 Å². The first-order chi connectivity index (χ1) is 12.1. The summed E-state index contributed by atoms with van der Waals surface area (Å²) in [4.78, 5) is 23.0. The van der Waals surface area contributed by atoms with E-state index in [2.05, 4.69) is 25.9 Å². The third-order valence-corrected chi connectivity index (χ3v) is 4.18. The highest BCUT2D eigenvalue weighted by Gasteiger charge is 2.08. The fraction of sp³-hybridized carbons (Fsp3) is 0.0667. The molecule has 0 saturated heterocycles. The van der Waals surface area contributed by atoms with Crippen molar-refractivity contribution in [2.24, 2.45) is 0 Å². The van der Waals surface area contributed by atoms with Gasteiger partial charge in [0.05, 0.1) is 10.7 Å². The fourth-order valence-electron chi connectivity index (χ4n) is 2.03. The number of tetrazole rings is 1. The fourth-order valence-corrected chi connectivity index (χ4v) is 2.73. The molecule has 2 aromatic carbocycles. The Kier molecular flexibility index (Phi) is 5.00. The van der Waals surface area contributed by atoms with Crippen LogP contribution in [0.2, 0.25) is 0 Å². The second kappa shape index (κ2) is 7.53. The predicted molar refractivity (Wildman–Crippen MR) is 92.1 cm³/mol. The number of hydrogen-bond donors (Lipinski definition) is 2. The van der Waals surface area contributed by atoms with Gasteiger partial charge in [0.1, 0.15) is 0 Å². The zero-order valence-corrected chi connectivity index (χ0v) is 13.6. The number of rotatable bonds is 6. The highest BCUT2D eigenvalue weighted by atomic mass is 32.2. The molecule has 3 rings (SSSR count). The van der Waals surface area contributed by atoms with Crippen molar-refractivity contribution in [2.45, 2.75) is 4.90 Å². The number of nitro groups is 1. The van der Waals surface area contributed by atoms with Crippen molar-refractivity contribution >= 4 is 29.0 Å². The van der Waals surface area contributed by atoms with E-state index >= 15 is 0 Å². The van der Waals surface area contributed by atoms with Crippen LogP contribution in [0.4, 0.5) is 11.4 Å². The number of carbonyl (C=O) groups is 1. The minimum Gasteiger partial charge on any atom is -0.325 e. The third-order valence-electron chi connectivity index (χ3n) is 3.17. The van der Waals surface area contributed by atoms with Crippen molar-refractivity contribution in [2.75, 3.05) is 11.1 Å². The van der Waals surface area contributed by atoms with Gasteiger partial charge in [-0.05, 0) is 29.5 Å². The molecule has 0 fully saturated rings. The lowest BCUT2D eigenvalue weighted by Crippen LogP contribution is -2.13. The van der Waals surface area contributed by atoms with Crippen LogP contribution in [0, 0.1) is 10.1 Å². The number of thioether (sulfide) groups is 1. The summed E-state index contributed by atoms with van der Waals surface area (Å²) in [5, 5.41) is 27.1. The molecule has 1 amide bonds. The molecule has 0 spiro atoms. The number of amides is 1. The number of nitro benzene ring substituents is 1. The van der Waals surface area contributed by atoms with E-state index < -0.39 is 4.92 Å². The van der Waals surface area contributed by atoms with Crippen LogP contribution in [0.5, 0.6) is 0 Å². The molecular formula is C15H12N6O3S. The first-order valence-electron chi connectivity index (χ1n) is 7.13. The first-order valence-corrected chi connectivity index (χ1v) is 8.11. The summed E-state index contributed by atoms with van der Waals surface area (Å²) in [5.41, 5.74) is 1.37. The summed E-state index contributed by atoms with van der Waals surface area (Å²) in [7, 11) is 0. The van der Waals surface area contributed by atoms with E-state index in [1.165, 1.54) is 23.9 Å². The molecule has 0 aliphatic carbocycles. The Morgan fingerprint density at radius 1 is 1.24 bits per heavy atom. The summed E-state index contributed by atoms with van der Waals surface area (Å²) in [5.74, 6) is 0.439. The van der Waals surface area contributed by atoms with Crippen molar-refractivity contribution in [3.05, 3.63) is 58.6 Å². The lowest BCUT2D eigenvalue weighted by atomic mass is 10.2. The second-order valence-corrected chi connectivity index (χ2v) is 5.95. The second-order valence-electron chi connectivity index (χ2n) is 4.90. The molecule has 0 radical (unpaired) electrons. The normalized spacial score (nSPS) is 10.4. The van der Waals surface area contributed by atoms with E-state index in [4.69, 9.17) is 0 Å². The zero-order chi connectivity index (χ0) is 17.6. The average Bonchev–Trinajstić information content (AvgIpc) is 3.15. The highest BCUT2D eigenvalue weighted by molar-refractivity contribution is 8.00. The average molecular weight is 356 g/mol. The van der Waals surface area contributed by atoms with Gasteiger partial charge in [0.2, 0.25) is 11.7 Å². The number of aromatic amines is 1. The Labute approximate surface area is 146 Å². The highest BCUT2D eigenvalue weighted by Crippen LogP contribution is 2.22. The number of nitrogens with zero attached hydrogens (tertiary/aromatic N) is 4. The molecule has 9 nitrogen and oxygen atoms in total. The van der Waals surface area contributed by atoms with Gasteiger partial charge in [-0.2, -0.15) is 5.21 Å². The molecule has 0 saturated carbocycles. The monoisotopic (exact) mass is 356 g/mol. The number of nitrogens with one attached hydrogen (secondary N) is 2. The molecule has 0 unspecified atom stereocenters. The molecule has 0 aliphatic heterocycles. The maximum atomic E-state index is 12.1. The van der Waals surface area contributed by atoms with E-state index in [-0.39, 0.29) is 17.3 Å². The Bertz CT molecular complexity index is 883. The number of non-ortho nitro benzene ring substituents is 1. The number of benzene rings is 2. The summed E-state index contributed by atoms with van der Waals surface area (Å²) in [6.07, 6.45) is 0. The lowest BCUT2D eigenvalue weighted by Gasteiger charge is -2.06. The van der Waals surface area contributed by atoms with Gasteiger partial charge in [-0.25, -0.2) is 0 Å². The van der Waals surface area contributed by atoms with E-state index in [0.717, 1.165) is 10.5 Å². The number of aromatic nitrogens is 4. The Morgan fingerprint density at radius 3 is 2.72 bits per heavy atom. The number of anilines is 1. The van der Waals surface area contributed by atoms with Crippen LogP contribution < -0.4 is 5.32 Å². The predicted octanol–water partition coefficient (Wildman–Crippen LogP) is 2.51. The Balaban J connectivity index is 1.57. The van der Waals surface area contributed by atoms with Gasteiger partial charge in [-0.1, -0.05) is 12.1 Å². The van der Waals surface area contributed by atoms with Gasteiger partial charge in [0.25, 0.3) is 5.69 Å². The van der Waals surface area contributed by atoms with Crippen molar-refractivity contribution < 1.29 is 9.72 Å². The molecule has 0 bridgehead atoms. The van der Waals surface area contributed by atoms with Crippen molar-refractivity contribution in [1.29, 1.82) is 0 Å². The summed E-state index contributed by atoms with van der Waals surface area (Å²) in [6, 6.07) is 13.2. The molecule has 0 aliphatic rings. The van der Waals surface area contributed by atoms with Crippen molar-refractivity contribution in [3.63, 3.8) is 0 Å². The van der Waals surface area contributed by atoms with Gasteiger partial charge < -0.3 is 5.32 Å². The largest absolute Gasteiger partial charge is 0.325 e. The van der Waals surface area contributed by atoms with Crippen molar-refractivity contribution in [3.8, 4) is 11.4 Å². The molecule has 2 N–H and O–H groups in total. The summed E-state index contributed by atoms with van der Waals surface area (Å²) in [6.45, 7) is 0. The minimum absolute atomic E-state index is 0.0204. The van der Waals surface area contributed by atoms with Crippen LogP contribution in [0.15, 0.2) is 53.4 Å². The molecule has 25 heavy (non-hydrogen) atoms. The van der Waals surface area contributed by atoms with Crippen LogP contribution in [0.25, 0.3) is 11.4 Å². The molecule has 10 heteroatoms. The van der Waals surface area contributed by atoms with Crippen LogP contribution in [0.1, 0.15) is 0 Å². The van der Waals surface area contributed by atoms with Gasteiger partial charge in [-0.15, -0.1) is 22.0 Å². The quantitative estimate of drug-likeness (QED) is 0.394. The minimum atomic E-state index is -0.460. The van der Waals surface area contributed by atoms with Crippen molar-refractivity contribution in [1.82, 2.24) is 20.6 Å². The molecular weight excluding hydrogens is 344 g/mol. The number of carbonyl (C=O) groups excluding carboxylic acids is 1. The van der Waals surface area contributed by atoms with Gasteiger partial charge in [-0.3, -0.25) is 14.9 Å². The lowest BCUT2D eigenvalue weighted by molar-refractivity contribution is -0.384. The smallest absolute Gasteiger partial charge is 0.269 e. The third kappa shape index (κ3) is 4.38. The molecule has 0 atom stereocenters. The standard InChI is InChI=1S/C15H12N6O3S/c22-14(9-25-13-6-4-12(5-7-13)21(23)24)16-11-3-1-2-10(8-11)15-17-19-20-18-15/h1-8H,9H2,(H,16,22)(H,17,18,19,20). The first kappa shape index (κ1) is 16.6. The SMILES string of the molecule is O=C(CSc1ccc([N+](=O)[O-])cc1)Nc1cccc(-c2nn[nH]n2)c1. The van der Waals surface area contributed by atoms with E-state index in [1.807, 2.05) is 6.07 Å². The van der Waals surface area contributed by atoms with Gasteiger partial charge >= 0.3 is 0 Å². The van der Waals surface area contributed by atoms with Gasteiger partial charge in [0, 0.05) is 28.3 Å². The molecule has 1 aromatic heterocycles. The number of hydrogen-bond acceptors (Lipinski definition) is 7. The van der Waals surface area contributed by atoms with E-state index in [0.29, 0.717) is 11.5 Å².